The van der Waals surface area contributed by atoms with Gasteiger partial charge in [0.2, 0.25) is 0 Å². The molecular formula is C12H33O10P. The Hall–Kier alpha value is -0.130. The van der Waals surface area contributed by atoms with Crippen LogP contribution < -0.4 is 0 Å². The maximum absolute atomic E-state index is 8.88. The maximum atomic E-state index is 8.88. The molecule has 0 saturated heterocycles. The Morgan fingerprint density at radius 2 is 0.826 bits per heavy atom. The molecule has 0 aliphatic carbocycles. The minimum Gasteiger partial charge on any atom is -0.394 e. The van der Waals surface area contributed by atoms with Crippen molar-refractivity contribution >= 4 is 7.82 Å². The van der Waals surface area contributed by atoms with Gasteiger partial charge in [0, 0.05) is 19.8 Å². The molecule has 0 atom stereocenters. The number of phosphoric acid groups is 1. The van der Waals surface area contributed by atoms with E-state index in [1.165, 1.54) is 0 Å². The Kier molecular flexibility index (Phi) is 39.8. The van der Waals surface area contributed by atoms with Gasteiger partial charge in [-0.05, 0) is 20.8 Å². The second-order valence-corrected chi connectivity index (χ2v) is 4.30. The number of rotatable bonds is 9. The fourth-order valence-corrected chi connectivity index (χ4v) is 0.627. The number of hydrogen-bond acceptors (Lipinski definition) is 7. The van der Waals surface area contributed by atoms with Crippen molar-refractivity contribution in [2.45, 2.75) is 20.8 Å². The average molecular weight is 368 g/mol. The molecule has 0 radical (unpaired) electrons. The lowest BCUT2D eigenvalue weighted by molar-refractivity contribution is 0.102. The number of aliphatic hydroxyl groups excluding tert-OH is 3. The highest BCUT2D eigenvalue weighted by Gasteiger charge is 2.00. The van der Waals surface area contributed by atoms with Crippen molar-refractivity contribution in [2.24, 2.45) is 0 Å². The van der Waals surface area contributed by atoms with Crippen molar-refractivity contribution < 1.29 is 48.8 Å². The molecule has 146 valence electrons. The molecule has 0 amide bonds. The summed E-state index contributed by atoms with van der Waals surface area (Å²) < 4.78 is 23.1. The Balaban J connectivity index is -0.000000105. The van der Waals surface area contributed by atoms with E-state index in [-0.39, 0.29) is 19.8 Å². The van der Waals surface area contributed by atoms with Gasteiger partial charge in [-0.25, -0.2) is 4.57 Å². The van der Waals surface area contributed by atoms with Crippen LogP contribution in [0.15, 0.2) is 0 Å². The highest BCUT2D eigenvalue weighted by Crippen LogP contribution is 2.25. The topological polar surface area (TPSA) is 166 Å². The Labute approximate surface area is 137 Å². The van der Waals surface area contributed by atoms with Crippen LogP contribution in [0.5, 0.6) is 0 Å². The summed E-state index contributed by atoms with van der Waals surface area (Å²) in [5, 5.41) is 24.2. The van der Waals surface area contributed by atoms with E-state index in [1.54, 1.807) is 0 Å². The third kappa shape index (κ3) is 110. The first-order valence-electron chi connectivity index (χ1n) is 7.08. The molecule has 0 aliphatic rings. The van der Waals surface area contributed by atoms with Crippen LogP contribution >= 0.6 is 7.82 Å². The van der Waals surface area contributed by atoms with E-state index in [1.807, 2.05) is 20.8 Å². The monoisotopic (exact) mass is 368 g/mol. The lowest BCUT2D eigenvalue weighted by Crippen LogP contribution is -1.96. The Morgan fingerprint density at radius 3 is 0.870 bits per heavy atom. The van der Waals surface area contributed by atoms with Gasteiger partial charge in [-0.1, -0.05) is 0 Å². The molecule has 0 spiro atoms. The van der Waals surface area contributed by atoms with Gasteiger partial charge in [0.1, 0.15) is 0 Å². The van der Waals surface area contributed by atoms with Gasteiger partial charge in [-0.2, -0.15) is 0 Å². The molecule has 0 aromatic rings. The molecule has 0 aromatic carbocycles. The molecule has 10 nitrogen and oxygen atoms in total. The van der Waals surface area contributed by atoms with E-state index in [9.17, 15) is 0 Å². The van der Waals surface area contributed by atoms with E-state index >= 15 is 0 Å². The van der Waals surface area contributed by atoms with E-state index in [4.69, 9.17) is 48.8 Å². The van der Waals surface area contributed by atoms with Crippen molar-refractivity contribution in [3.63, 3.8) is 0 Å². The maximum Gasteiger partial charge on any atom is 0.466 e. The molecule has 0 fully saturated rings. The number of ether oxygens (including phenoxy) is 3. The van der Waals surface area contributed by atoms with Crippen molar-refractivity contribution in [3.8, 4) is 0 Å². The molecule has 0 bridgehead atoms. The van der Waals surface area contributed by atoms with Gasteiger partial charge >= 0.3 is 7.82 Å². The fourth-order valence-electron chi connectivity index (χ4n) is 0.627. The predicted molar refractivity (Wildman–Crippen MR) is 85.0 cm³/mol. The van der Waals surface area contributed by atoms with Crippen LogP contribution in [0.4, 0.5) is 0 Å². The molecule has 23 heavy (non-hydrogen) atoms. The second-order valence-electron chi connectivity index (χ2n) is 3.27. The molecule has 0 aliphatic heterocycles. The van der Waals surface area contributed by atoms with Crippen LogP contribution in [0.3, 0.4) is 0 Å². The minimum atomic E-state index is -4.64. The van der Waals surface area contributed by atoms with Crippen molar-refractivity contribution in [1.82, 2.24) is 0 Å². The Bertz CT molecular complexity index is 173. The summed E-state index contributed by atoms with van der Waals surface area (Å²) in [6, 6.07) is 0. The predicted octanol–water partition coefficient (Wildman–Crippen LogP) is -0.883. The van der Waals surface area contributed by atoms with E-state index in [0.717, 1.165) is 0 Å². The van der Waals surface area contributed by atoms with Crippen molar-refractivity contribution in [3.05, 3.63) is 0 Å². The third-order valence-corrected chi connectivity index (χ3v) is 1.32. The summed E-state index contributed by atoms with van der Waals surface area (Å²) >= 11 is 0. The summed E-state index contributed by atoms with van der Waals surface area (Å²) in [7, 11) is -4.64. The summed E-state index contributed by atoms with van der Waals surface area (Å²) in [4.78, 5) is 21.6. The van der Waals surface area contributed by atoms with Gasteiger partial charge in [-0.3, -0.25) is 0 Å². The molecule has 0 unspecified atom stereocenters. The number of aliphatic hydroxyl groups is 3. The average Bonchev–Trinajstić information content (AvgIpc) is 2.48. The first kappa shape index (κ1) is 30.7. The molecule has 0 aromatic heterocycles. The van der Waals surface area contributed by atoms with Crippen molar-refractivity contribution in [2.75, 3.05) is 59.5 Å². The Morgan fingerprint density at radius 1 is 0.652 bits per heavy atom. The molecule has 0 saturated carbocycles. The van der Waals surface area contributed by atoms with Crippen LogP contribution in [0.2, 0.25) is 0 Å². The first-order chi connectivity index (χ1) is 10.7. The largest absolute Gasteiger partial charge is 0.466 e. The van der Waals surface area contributed by atoms with Gasteiger partial charge in [0.25, 0.3) is 0 Å². The SMILES string of the molecule is CCOCCO.CCOCCO.CCOCCO.O=P(O)(O)O. The highest BCUT2D eigenvalue weighted by molar-refractivity contribution is 7.45. The third-order valence-electron chi connectivity index (χ3n) is 1.32. The standard InChI is InChI=1S/3C4H10O2.H3O4P/c3*1-2-6-4-3-5;1-5(2,3)4/h3*5H,2-4H2,1H3;(H3,1,2,3,4). The van der Waals surface area contributed by atoms with Gasteiger partial charge in [0.15, 0.2) is 0 Å². The fraction of sp³-hybridized carbons (Fsp3) is 1.00. The van der Waals surface area contributed by atoms with Gasteiger partial charge < -0.3 is 44.2 Å². The van der Waals surface area contributed by atoms with Crippen LogP contribution in [0.1, 0.15) is 20.8 Å². The van der Waals surface area contributed by atoms with Gasteiger partial charge in [0.05, 0.1) is 39.6 Å². The molecule has 0 rings (SSSR count). The first-order valence-corrected chi connectivity index (χ1v) is 8.65. The minimum absolute atomic E-state index is 0.133. The second kappa shape index (κ2) is 29.8. The van der Waals surface area contributed by atoms with E-state index in [0.29, 0.717) is 39.6 Å². The summed E-state index contributed by atoms with van der Waals surface area (Å²) in [5.41, 5.74) is 0. The molecular weight excluding hydrogens is 335 g/mol. The van der Waals surface area contributed by atoms with E-state index < -0.39 is 7.82 Å². The lowest BCUT2D eigenvalue weighted by Gasteiger charge is -1.91. The quantitative estimate of drug-likeness (QED) is 0.222. The van der Waals surface area contributed by atoms with Crippen molar-refractivity contribution in [1.29, 1.82) is 0 Å². The summed E-state index contributed by atoms with van der Waals surface area (Å²) in [6.45, 7) is 9.59. The van der Waals surface area contributed by atoms with Crippen LogP contribution in [-0.2, 0) is 18.8 Å². The normalized spacial score (nSPS) is 9.61. The zero-order chi connectivity index (χ0) is 19.0. The lowest BCUT2D eigenvalue weighted by atomic mass is 10.8. The highest BCUT2D eigenvalue weighted by atomic mass is 31.2. The van der Waals surface area contributed by atoms with Crippen LogP contribution in [0.25, 0.3) is 0 Å². The zero-order valence-electron chi connectivity index (χ0n) is 14.1. The smallest absolute Gasteiger partial charge is 0.394 e. The van der Waals surface area contributed by atoms with E-state index in [2.05, 4.69) is 0 Å². The zero-order valence-corrected chi connectivity index (χ0v) is 15.0. The number of hydrogen-bond donors (Lipinski definition) is 6. The van der Waals surface area contributed by atoms with Crippen LogP contribution in [0, 0.1) is 0 Å². The molecule has 6 N–H and O–H groups in total. The van der Waals surface area contributed by atoms with Crippen LogP contribution in [-0.4, -0.2) is 89.5 Å². The summed E-state index contributed by atoms with van der Waals surface area (Å²) in [6.07, 6.45) is 0. The summed E-state index contributed by atoms with van der Waals surface area (Å²) in [5.74, 6) is 0. The van der Waals surface area contributed by atoms with Gasteiger partial charge in [-0.15, -0.1) is 0 Å². The molecule has 11 heteroatoms. The molecule has 0 heterocycles.